The number of aliphatic hydroxyl groups is 1. The summed E-state index contributed by atoms with van der Waals surface area (Å²) in [5.41, 5.74) is 4.81. The van der Waals surface area contributed by atoms with Gasteiger partial charge in [-0.15, -0.1) is 0 Å². The maximum absolute atomic E-state index is 11.3. The van der Waals surface area contributed by atoms with E-state index in [0.717, 1.165) is 6.42 Å². The number of carbonyl (C=O) groups is 2. The topological polar surface area (TPSA) is 92.4 Å². The molecule has 0 aromatic heterocycles. The highest BCUT2D eigenvalue weighted by Crippen LogP contribution is 2.26. The van der Waals surface area contributed by atoms with Gasteiger partial charge in [0.2, 0.25) is 5.91 Å². The van der Waals surface area contributed by atoms with E-state index in [1.54, 1.807) is 0 Å². The molecule has 0 aliphatic heterocycles. The van der Waals surface area contributed by atoms with E-state index in [1.165, 1.54) is 57.8 Å². The van der Waals surface area contributed by atoms with Crippen LogP contribution in [-0.4, -0.2) is 28.0 Å². The van der Waals surface area contributed by atoms with Gasteiger partial charge in [0.1, 0.15) is 4.32 Å². The first kappa shape index (κ1) is 26.6. The SMILES string of the molecule is CCC(Br)(CC)C(=O)NC(N)=O.CCCCCCCCCCCCO. The lowest BCUT2D eigenvalue weighted by atomic mass is 10.0. The molecule has 0 spiro atoms. The first-order valence-corrected chi connectivity index (χ1v) is 10.6. The molecule has 5 nitrogen and oxygen atoms in total. The predicted octanol–water partition coefficient (Wildman–Crippen LogP) is 5.03. The average Bonchev–Trinajstić information content (AvgIpc) is 2.59. The smallest absolute Gasteiger partial charge is 0.318 e. The van der Waals surface area contributed by atoms with Crippen LogP contribution in [0.3, 0.4) is 0 Å². The highest BCUT2D eigenvalue weighted by Gasteiger charge is 2.32. The van der Waals surface area contributed by atoms with Gasteiger partial charge < -0.3 is 10.8 Å². The van der Waals surface area contributed by atoms with Crippen LogP contribution >= 0.6 is 15.9 Å². The van der Waals surface area contributed by atoms with Crippen LogP contribution < -0.4 is 11.1 Å². The van der Waals surface area contributed by atoms with Crippen LogP contribution in [0.2, 0.25) is 0 Å². The van der Waals surface area contributed by atoms with Crippen LogP contribution in [0.5, 0.6) is 0 Å². The van der Waals surface area contributed by atoms with Gasteiger partial charge in [-0.2, -0.15) is 0 Å². The maximum Gasteiger partial charge on any atom is 0.318 e. The molecular formula is C19H39BrN2O3. The lowest BCUT2D eigenvalue weighted by Gasteiger charge is -2.21. The molecule has 3 amide bonds. The van der Waals surface area contributed by atoms with Crippen LogP contribution in [-0.2, 0) is 4.79 Å². The fraction of sp³-hybridized carbons (Fsp3) is 0.895. The minimum Gasteiger partial charge on any atom is -0.396 e. The van der Waals surface area contributed by atoms with E-state index >= 15 is 0 Å². The molecule has 0 unspecified atom stereocenters. The molecule has 0 rings (SSSR count). The Labute approximate surface area is 162 Å². The van der Waals surface area contributed by atoms with E-state index in [-0.39, 0.29) is 5.91 Å². The summed E-state index contributed by atoms with van der Waals surface area (Å²) >= 11 is 3.26. The molecule has 4 N–H and O–H groups in total. The van der Waals surface area contributed by atoms with Crippen molar-refractivity contribution in [1.82, 2.24) is 5.32 Å². The zero-order chi connectivity index (χ0) is 19.6. The zero-order valence-electron chi connectivity index (χ0n) is 16.4. The van der Waals surface area contributed by atoms with E-state index in [4.69, 9.17) is 10.8 Å². The predicted molar refractivity (Wildman–Crippen MR) is 109 cm³/mol. The van der Waals surface area contributed by atoms with Crippen LogP contribution in [0.15, 0.2) is 0 Å². The molecule has 0 fully saturated rings. The van der Waals surface area contributed by atoms with Gasteiger partial charge in [-0.1, -0.05) is 94.5 Å². The Morgan fingerprint density at radius 2 is 1.28 bits per heavy atom. The van der Waals surface area contributed by atoms with Gasteiger partial charge >= 0.3 is 6.03 Å². The second-order valence-electron chi connectivity index (χ2n) is 6.40. The number of hydrogen-bond acceptors (Lipinski definition) is 3. The maximum atomic E-state index is 11.3. The van der Waals surface area contributed by atoms with Gasteiger partial charge in [0.15, 0.2) is 0 Å². The standard InChI is InChI=1S/C12H26O.C7H13BrN2O2/c1-2-3-4-5-6-7-8-9-10-11-12-13;1-3-7(8,4-2)5(11)10-6(9)12/h13H,2-12H2,1H3;3-4H2,1-2H3,(H3,9,10,11,12). The summed E-state index contributed by atoms with van der Waals surface area (Å²) in [6.45, 7) is 6.35. The molecule has 0 aromatic rings. The summed E-state index contributed by atoms with van der Waals surface area (Å²) < 4.78 is -0.665. The second kappa shape index (κ2) is 18.2. The average molecular weight is 423 g/mol. The van der Waals surface area contributed by atoms with Crippen molar-refractivity contribution in [1.29, 1.82) is 0 Å². The first-order valence-electron chi connectivity index (χ1n) is 9.78. The summed E-state index contributed by atoms with van der Waals surface area (Å²) in [7, 11) is 0. The second-order valence-corrected chi connectivity index (χ2v) is 7.91. The molecule has 0 aliphatic carbocycles. The number of rotatable bonds is 13. The Hall–Kier alpha value is -0.620. The number of aliphatic hydroxyl groups excluding tert-OH is 1. The Balaban J connectivity index is 0. The summed E-state index contributed by atoms with van der Waals surface area (Å²) in [6.07, 6.45) is 14.5. The van der Waals surface area contributed by atoms with Gasteiger partial charge in [0, 0.05) is 6.61 Å². The number of primary amides is 1. The summed E-state index contributed by atoms with van der Waals surface area (Å²) in [5.74, 6) is -0.375. The highest BCUT2D eigenvalue weighted by molar-refractivity contribution is 9.10. The van der Waals surface area contributed by atoms with Crippen LogP contribution in [0.1, 0.15) is 97.8 Å². The molecule has 0 saturated heterocycles. The van der Waals surface area contributed by atoms with E-state index in [2.05, 4.69) is 22.9 Å². The van der Waals surface area contributed by atoms with Crippen molar-refractivity contribution in [3.05, 3.63) is 0 Å². The Morgan fingerprint density at radius 1 is 0.880 bits per heavy atom. The molecule has 0 heterocycles. The van der Waals surface area contributed by atoms with Crippen molar-refractivity contribution >= 4 is 27.9 Å². The Morgan fingerprint density at radius 3 is 1.60 bits per heavy atom. The van der Waals surface area contributed by atoms with E-state index < -0.39 is 10.4 Å². The minimum absolute atomic E-state index is 0.372. The van der Waals surface area contributed by atoms with Gasteiger partial charge in [-0.25, -0.2) is 4.79 Å². The summed E-state index contributed by atoms with van der Waals surface area (Å²) in [5, 5.41) is 10.6. The molecule has 0 aromatic carbocycles. The molecule has 0 bridgehead atoms. The lowest BCUT2D eigenvalue weighted by Crippen LogP contribution is -2.46. The number of carbonyl (C=O) groups excluding carboxylic acids is 2. The monoisotopic (exact) mass is 422 g/mol. The normalized spacial score (nSPS) is 10.8. The van der Waals surface area contributed by atoms with Crippen molar-refractivity contribution < 1.29 is 14.7 Å². The van der Waals surface area contributed by atoms with Crippen molar-refractivity contribution in [2.45, 2.75) is 102 Å². The fourth-order valence-electron chi connectivity index (χ4n) is 2.39. The quantitative estimate of drug-likeness (QED) is 0.286. The number of nitrogens with two attached hydrogens (primary N) is 1. The number of alkyl halides is 1. The highest BCUT2D eigenvalue weighted by atomic mass is 79.9. The van der Waals surface area contributed by atoms with Crippen molar-refractivity contribution in [3.63, 3.8) is 0 Å². The van der Waals surface area contributed by atoms with Crippen LogP contribution in [0.4, 0.5) is 4.79 Å². The molecule has 150 valence electrons. The van der Waals surface area contributed by atoms with Gasteiger partial charge in [0.05, 0.1) is 0 Å². The minimum atomic E-state index is -0.814. The van der Waals surface area contributed by atoms with Crippen LogP contribution in [0.25, 0.3) is 0 Å². The van der Waals surface area contributed by atoms with E-state index in [0.29, 0.717) is 19.4 Å². The van der Waals surface area contributed by atoms with E-state index in [9.17, 15) is 9.59 Å². The van der Waals surface area contributed by atoms with Crippen molar-refractivity contribution in [2.75, 3.05) is 6.61 Å². The van der Waals surface area contributed by atoms with Crippen molar-refractivity contribution in [3.8, 4) is 0 Å². The third-order valence-electron chi connectivity index (χ3n) is 4.28. The Bertz CT molecular complexity index is 325. The number of halogens is 1. The molecule has 0 atom stereocenters. The van der Waals surface area contributed by atoms with Gasteiger partial charge in [0.25, 0.3) is 0 Å². The number of amides is 3. The lowest BCUT2D eigenvalue weighted by molar-refractivity contribution is -0.122. The third-order valence-corrected chi connectivity index (χ3v) is 5.76. The third kappa shape index (κ3) is 16.6. The number of hydrogen-bond donors (Lipinski definition) is 3. The largest absolute Gasteiger partial charge is 0.396 e. The summed E-state index contributed by atoms with van der Waals surface area (Å²) in [4.78, 5) is 21.6. The number of urea groups is 1. The number of imide groups is 1. The Kier molecular flexibility index (Phi) is 19.3. The molecule has 0 radical (unpaired) electrons. The number of nitrogens with one attached hydrogen (secondary N) is 1. The van der Waals surface area contributed by atoms with E-state index in [1.807, 2.05) is 19.2 Å². The fourth-order valence-corrected chi connectivity index (χ4v) is 2.49. The molecule has 6 heteroatoms. The number of unbranched alkanes of at least 4 members (excludes halogenated alkanes) is 9. The van der Waals surface area contributed by atoms with Crippen LogP contribution in [0, 0.1) is 0 Å². The molecular weight excluding hydrogens is 384 g/mol. The molecule has 25 heavy (non-hydrogen) atoms. The summed E-state index contributed by atoms with van der Waals surface area (Å²) in [6, 6.07) is -0.814. The van der Waals surface area contributed by atoms with Gasteiger partial charge in [-0.05, 0) is 19.3 Å². The van der Waals surface area contributed by atoms with Gasteiger partial charge in [-0.3, -0.25) is 10.1 Å². The first-order chi connectivity index (χ1) is 11.9. The molecule has 0 saturated carbocycles. The van der Waals surface area contributed by atoms with Crippen molar-refractivity contribution in [2.24, 2.45) is 5.73 Å². The molecule has 0 aliphatic rings. The zero-order valence-corrected chi connectivity index (χ0v) is 18.0.